The van der Waals surface area contributed by atoms with Crippen molar-refractivity contribution < 1.29 is 13.9 Å². The number of nitrogens with one attached hydrogen (secondary N) is 1. The number of benzene rings is 2. The first-order valence-corrected chi connectivity index (χ1v) is 9.93. The quantitative estimate of drug-likeness (QED) is 0.666. The normalized spacial score (nSPS) is 14.5. The molecular weight excluding hydrogens is 366 g/mol. The van der Waals surface area contributed by atoms with E-state index in [0.717, 1.165) is 30.9 Å². The van der Waals surface area contributed by atoms with E-state index in [2.05, 4.69) is 27.3 Å². The maximum atomic E-state index is 12.8. The van der Waals surface area contributed by atoms with Crippen molar-refractivity contribution in [3.8, 4) is 17.1 Å². The Kier molecular flexibility index (Phi) is 5.91. The van der Waals surface area contributed by atoms with Crippen LogP contribution in [0.25, 0.3) is 11.3 Å². The molecular formula is C23H25N3O3. The predicted octanol–water partition coefficient (Wildman–Crippen LogP) is 4.59. The van der Waals surface area contributed by atoms with Crippen LogP contribution in [0, 0.1) is 0 Å². The third-order valence-electron chi connectivity index (χ3n) is 5.18. The fraction of sp³-hybridized carbons (Fsp3) is 0.304. The van der Waals surface area contributed by atoms with E-state index < -0.39 is 0 Å². The lowest BCUT2D eigenvalue weighted by molar-refractivity contribution is 0.102. The van der Waals surface area contributed by atoms with Crippen LogP contribution in [0.3, 0.4) is 0 Å². The molecule has 1 fully saturated rings. The highest BCUT2D eigenvalue weighted by atomic mass is 16.5. The van der Waals surface area contributed by atoms with Crippen LogP contribution in [0.2, 0.25) is 0 Å². The summed E-state index contributed by atoms with van der Waals surface area (Å²) in [5.74, 6) is 0.804. The van der Waals surface area contributed by atoms with Crippen molar-refractivity contribution >= 4 is 11.6 Å². The molecule has 0 unspecified atom stereocenters. The largest absolute Gasteiger partial charge is 0.497 e. The molecule has 0 bridgehead atoms. The smallest absolute Gasteiger partial charge is 0.278 e. The molecule has 1 aliphatic heterocycles. The van der Waals surface area contributed by atoms with Gasteiger partial charge < -0.3 is 14.5 Å². The Bertz CT molecular complexity index is 960. The molecule has 0 saturated carbocycles. The lowest BCUT2D eigenvalue weighted by Gasteiger charge is -2.26. The van der Waals surface area contributed by atoms with Crippen molar-refractivity contribution in [3.05, 3.63) is 66.2 Å². The van der Waals surface area contributed by atoms with Gasteiger partial charge in [0.2, 0.25) is 0 Å². The molecule has 2 aromatic carbocycles. The molecule has 1 amide bonds. The molecule has 0 radical (unpaired) electrons. The fourth-order valence-corrected chi connectivity index (χ4v) is 3.64. The summed E-state index contributed by atoms with van der Waals surface area (Å²) in [6.45, 7) is 3.28. The third-order valence-corrected chi connectivity index (χ3v) is 5.18. The third kappa shape index (κ3) is 4.66. The zero-order valence-electron chi connectivity index (χ0n) is 16.6. The van der Waals surface area contributed by atoms with E-state index in [9.17, 15) is 4.79 Å². The van der Waals surface area contributed by atoms with Crippen LogP contribution in [0.5, 0.6) is 5.75 Å². The van der Waals surface area contributed by atoms with Crippen molar-refractivity contribution in [2.45, 2.75) is 25.8 Å². The Morgan fingerprint density at radius 3 is 2.69 bits per heavy atom. The van der Waals surface area contributed by atoms with Gasteiger partial charge in [0.25, 0.3) is 5.91 Å². The maximum Gasteiger partial charge on any atom is 0.278 e. The summed E-state index contributed by atoms with van der Waals surface area (Å²) < 4.78 is 10.7. The molecule has 0 aliphatic carbocycles. The average Bonchev–Trinajstić information content (AvgIpc) is 3.26. The van der Waals surface area contributed by atoms with Gasteiger partial charge in [-0.2, -0.15) is 0 Å². The highest BCUT2D eigenvalue weighted by molar-refractivity contribution is 6.06. The minimum Gasteiger partial charge on any atom is -0.497 e. The standard InChI is InChI=1S/C23H25N3O3/c1-28-20-7-5-6-18(14-20)22-21(24-16-29-22)23(27)25-19-10-8-17(9-11-19)15-26-12-3-2-4-13-26/h5-11,14,16H,2-4,12-13,15H2,1H3,(H,25,27). The van der Waals surface area contributed by atoms with Crippen LogP contribution in [0.4, 0.5) is 5.69 Å². The molecule has 0 spiro atoms. The molecule has 3 aromatic rings. The zero-order chi connectivity index (χ0) is 20.1. The number of oxazole rings is 1. The Balaban J connectivity index is 1.44. The number of methoxy groups -OCH3 is 1. The number of piperidine rings is 1. The minimum atomic E-state index is -0.305. The van der Waals surface area contributed by atoms with E-state index in [1.54, 1.807) is 7.11 Å². The van der Waals surface area contributed by atoms with Gasteiger partial charge in [0.15, 0.2) is 17.8 Å². The number of rotatable bonds is 6. The van der Waals surface area contributed by atoms with Crippen LogP contribution < -0.4 is 10.1 Å². The van der Waals surface area contributed by atoms with Crippen LogP contribution in [0.15, 0.2) is 59.3 Å². The van der Waals surface area contributed by atoms with E-state index in [4.69, 9.17) is 9.15 Å². The second kappa shape index (κ2) is 8.92. The van der Waals surface area contributed by atoms with Gasteiger partial charge in [-0.3, -0.25) is 9.69 Å². The van der Waals surface area contributed by atoms with Gasteiger partial charge in [-0.05, 0) is 55.8 Å². The summed E-state index contributed by atoms with van der Waals surface area (Å²) in [5, 5.41) is 2.91. The van der Waals surface area contributed by atoms with Gasteiger partial charge in [-0.1, -0.05) is 30.7 Å². The lowest BCUT2D eigenvalue weighted by Crippen LogP contribution is -2.29. The number of anilines is 1. The number of likely N-dealkylation sites (tertiary alicyclic amines) is 1. The van der Waals surface area contributed by atoms with Crippen LogP contribution in [0.1, 0.15) is 35.3 Å². The molecule has 0 atom stereocenters. The number of nitrogens with zero attached hydrogens (tertiary/aromatic N) is 2. The van der Waals surface area contributed by atoms with Gasteiger partial charge in [0.05, 0.1) is 7.11 Å². The highest BCUT2D eigenvalue weighted by Gasteiger charge is 2.19. The summed E-state index contributed by atoms with van der Waals surface area (Å²) in [5.41, 5.74) is 2.97. The lowest BCUT2D eigenvalue weighted by atomic mass is 10.1. The van der Waals surface area contributed by atoms with Gasteiger partial charge in [-0.25, -0.2) is 4.98 Å². The molecule has 1 N–H and O–H groups in total. The second-order valence-electron chi connectivity index (χ2n) is 7.25. The van der Waals surface area contributed by atoms with Crippen LogP contribution in [-0.2, 0) is 6.54 Å². The van der Waals surface area contributed by atoms with Gasteiger partial charge in [-0.15, -0.1) is 0 Å². The minimum absolute atomic E-state index is 0.246. The van der Waals surface area contributed by atoms with Gasteiger partial charge >= 0.3 is 0 Å². The Hall–Kier alpha value is -3.12. The van der Waals surface area contributed by atoms with Crippen LogP contribution in [-0.4, -0.2) is 36.0 Å². The first kappa shape index (κ1) is 19.2. The van der Waals surface area contributed by atoms with E-state index in [-0.39, 0.29) is 11.6 Å². The second-order valence-corrected chi connectivity index (χ2v) is 7.25. The summed E-state index contributed by atoms with van der Waals surface area (Å²) in [4.78, 5) is 19.3. The molecule has 1 saturated heterocycles. The molecule has 1 aromatic heterocycles. The summed E-state index contributed by atoms with van der Waals surface area (Å²) in [6, 6.07) is 15.4. The summed E-state index contributed by atoms with van der Waals surface area (Å²) in [7, 11) is 1.60. The zero-order valence-corrected chi connectivity index (χ0v) is 16.6. The molecule has 6 heteroatoms. The average molecular weight is 391 g/mol. The van der Waals surface area contributed by atoms with E-state index in [1.807, 2.05) is 36.4 Å². The number of amides is 1. The first-order chi connectivity index (χ1) is 14.2. The Morgan fingerprint density at radius 2 is 1.93 bits per heavy atom. The van der Waals surface area contributed by atoms with Crippen molar-refractivity contribution in [3.63, 3.8) is 0 Å². The van der Waals surface area contributed by atoms with Crippen molar-refractivity contribution in [1.82, 2.24) is 9.88 Å². The highest BCUT2D eigenvalue weighted by Crippen LogP contribution is 2.27. The van der Waals surface area contributed by atoms with Gasteiger partial charge in [0.1, 0.15) is 5.75 Å². The summed E-state index contributed by atoms with van der Waals surface area (Å²) in [6.07, 6.45) is 5.18. The van der Waals surface area contributed by atoms with E-state index >= 15 is 0 Å². The van der Waals surface area contributed by atoms with Crippen molar-refractivity contribution in [1.29, 1.82) is 0 Å². The van der Waals surface area contributed by atoms with Crippen LogP contribution >= 0.6 is 0 Å². The number of carbonyl (C=O) groups excluding carboxylic acids is 1. The Labute approximate surface area is 170 Å². The van der Waals surface area contributed by atoms with Crippen molar-refractivity contribution in [2.24, 2.45) is 0 Å². The van der Waals surface area contributed by atoms with E-state index in [1.165, 1.54) is 31.2 Å². The molecule has 1 aliphatic rings. The predicted molar refractivity (Wildman–Crippen MR) is 112 cm³/mol. The summed E-state index contributed by atoms with van der Waals surface area (Å²) >= 11 is 0. The fourth-order valence-electron chi connectivity index (χ4n) is 3.64. The number of carbonyl (C=O) groups is 1. The topological polar surface area (TPSA) is 67.6 Å². The first-order valence-electron chi connectivity index (χ1n) is 9.93. The SMILES string of the molecule is COc1cccc(-c2ocnc2C(=O)Nc2ccc(CN3CCCCC3)cc2)c1. The van der Waals surface area contributed by atoms with Crippen molar-refractivity contribution in [2.75, 3.05) is 25.5 Å². The number of aromatic nitrogens is 1. The molecule has 150 valence electrons. The number of hydrogen-bond donors (Lipinski definition) is 1. The maximum absolute atomic E-state index is 12.8. The molecule has 4 rings (SSSR count). The number of ether oxygens (including phenoxy) is 1. The Morgan fingerprint density at radius 1 is 1.14 bits per heavy atom. The number of hydrogen-bond acceptors (Lipinski definition) is 5. The van der Waals surface area contributed by atoms with Gasteiger partial charge in [0, 0.05) is 17.8 Å². The molecule has 2 heterocycles. The molecule has 29 heavy (non-hydrogen) atoms. The monoisotopic (exact) mass is 391 g/mol. The molecule has 6 nitrogen and oxygen atoms in total. The van der Waals surface area contributed by atoms with E-state index in [0.29, 0.717) is 11.5 Å².